The molecule has 0 saturated carbocycles. The lowest BCUT2D eigenvalue weighted by Gasteiger charge is -2.40. The Hall–Kier alpha value is -1.59. The third-order valence-corrected chi connectivity index (χ3v) is 12.9. The predicted octanol–water partition coefficient (Wildman–Crippen LogP) is 12.8. The Balaban J connectivity index is 2.27. The molecule has 9 heteroatoms. The van der Waals surface area contributed by atoms with Gasteiger partial charge in [0.2, 0.25) is 5.91 Å². The molecular formula is C55H103NO8. The summed E-state index contributed by atoms with van der Waals surface area (Å²) in [5.41, 5.74) is 0. The van der Waals surface area contributed by atoms with E-state index in [2.05, 4.69) is 43.5 Å². The molecule has 1 heterocycles. The van der Waals surface area contributed by atoms with Crippen molar-refractivity contribution in [2.75, 3.05) is 13.2 Å². The zero-order chi connectivity index (χ0) is 46.6. The minimum Gasteiger partial charge on any atom is -0.394 e. The van der Waals surface area contributed by atoms with E-state index in [9.17, 15) is 30.3 Å². The first-order chi connectivity index (χ1) is 31.3. The number of hydrogen-bond acceptors (Lipinski definition) is 8. The van der Waals surface area contributed by atoms with E-state index >= 15 is 0 Å². The number of nitrogens with one attached hydrogen (secondary N) is 1. The zero-order valence-electron chi connectivity index (χ0n) is 41.5. The Morgan fingerprint density at radius 1 is 0.516 bits per heavy atom. The molecule has 0 aromatic rings. The number of allylic oxidation sites excluding steroid dienone is 5. The molecule has 64 heavy (non-hydrogen) atoms. The van der Waals surface area contributed by atoms with Gasteiger partial charge in [-0.05, 0) is 57.8 Å². The second kappa shape index (κ2) is 45.2. The molecule has 7 unspecified atom stereocenters. The summed E-state index contributed by atoms with van der Waals surface area (Å²) in [5, 5.41) is 54.4. The fraction of sp³-hybridized carbons (Fsp3) is 0.873. The topological polar surface area (TPSA) is 149 Å². The SMILES string of the molecule is CCCCCCCCCC/C=C\CCCCCCCCCCCCCC(=O)NC(COC1OC(CO)C(O)C(O)C1O)C(O)/C=C/CC/C=C/CCCCCCCCCCCCCC. The number of carbonyl (C=O) groups is 1. The van der Waals surface area contributed by atoms with Crippen molar-refractivity contribution in [3.63, 3.8) is 0 Å². The maximum absolute atomic E-state index is 13.0. The lowest BCUT2D eigenvalue weighted by molar-refractivity contribution is -0.302. The lowest BCUT2D eigenvalue weighted by atomic mass is 9.99. The van der Waals surface area contributed by atoms with E-state index in [-0.39, 0.29) is 12.5 Å². The maximum atomic E-state index is 13.0. The zero-order valence-corrected chi connectivity index (χ0v) is 41.5. The van der Waals surface area contributed by atoms with Crippen LogP contribution in [0.1, 0.15) is 251 Å². The van der Waals surface area contributed by atoms with Crippen LogP contribution in [0, 0.1) is 0 Å². The van der Waals surface area contributed by atoms with Crippen molar-refractivity contribution in [1.29, 1.82) is 0 Å². The van der Waals surface area contributed by atoms with Gasteiger partial charge in [-0.25, -0.2) is 0 Å². The van der Waals surface area contributed by atoms with Crippen LogP contribution in [0.25, 0.3) is 0 Å². The molecule has 0 bridgehead atoms. The third-order valence-electron chi connectivity index (χ3n) is 12.9. The molecule has 0 aromatic carbocycles. The van der Waals surface area contributed by atoms with E-state index in [0.717, 1.165) is 38.5 Å². The first-order valence-electron chi connectivity index (χ1n) is 27.2. The summed E-state index contributed by atoms with van der Waals surface area (Å²) in [6.07, 6.45) is 50.6. The van der Waals surface area contributed by atoms with Crippen molar-refractivity contribution >= 4 is 5.91 Å². The summed E-state index contributed by atoms with van der Waals surface area (Å²) in [6, 6.07) is -0.821. The quantitative estimate of drug-likeness (QED) is 0.0261. The van der Waals surface area contributed by atoms with Crippen LogP contribution >= 0.6 is 0 Å². The number of hydrogen-bond donors (Lipinski definition) is 6. The van der Waals surface area contributed by atoms with Gasteiger partial charge in [0.25, 0.3) is 0 Å². The van der Waals surface area contributed by atoms with Gasteiger partial charge >= 0.3 is 0 Å². The molecule has 6 N–H and O–H groups in total. The van der Waals surface area contributed by atoms with Gasteiger partial charge in [-0.2, -0.15) is 0 Å². The van der Waals surface area contributed by atoms with Crippen LogP contribution in [0.3, 0.4) is 0 Å². The number of aliphatic hydroxyl groups excluding tert-OH is 5. The molecule has 1 aliphatic rings. The van der Waals surface area contributed by atoms with Crippen LogP contribution < -0.4 is 5.32 Å². The van der Waals surface area contributed by atoms with Crippen LogP contribution in [0.4, 0.5) is 0 Å². The second-order valence-electron chi connectivity index (χ2n) is 19.0. The fourth-order valence-electron chi connectivity index (χ4n) is 8.58. The van der Waals surface area contributed by atoms with Gasteiger partial charge in [0.1, 0.15) is 24.4 Å². The maximum Gasteiger partial charge on any atom is 0.220 e. The van der Waals surface area contributed by atoms with E-state index in [1.54, 1.807) is 6.08 Å². The molecule has 0 radical (unpaired) electrons. The van der Waals surface area contributed by atoms with E-state index in [0.29, 0.717) is 6.42 Å². The van der Waals surface area contributed by atoms with Crippen molar-refractivity contribution in [3.8, 4) is 0 Å². The molecule has 9 nitrogen and oxygen atoms in total. The summed E-state index contributed by atoms with van der Waals surface area (Å²) >= 11 is 0. The van der Waals surface area contributed by atoms with Crippen LogP contribution in [-0.2, 0) is 14.3 Å². The Bertz CT molecular complexity index is 1100. The van der Waals surface area contributed by atoms with Crippen molar-refractivity contribution < 1.29 is 39.8 Å². The number of rotatable bonds is 46. The highest BCUT2D eigenvalue weighted by molar-refractivity contribution is 5.76. The fourth-order valence-corrected chi connectivity index (χ4v) is 8.58. The summed E-state index contributed by atoms with van der Waals surface area (Å²) < 4.78 is 11.2. The smallest absolute Gasteiger partial charge is 0.220 e. The minimum atomic E-state index is -1.57. The highest BCUT2D eigenvalue weighted by Crippen LogP contribution is 2.23. The molecule has 1 rings (SSSR count). The first-order valence-corrected chi connectivity index (χ1v) is 27.2. The molecule has 0 aliphatic carbocycles. The number of unbranched alkanes of at least 4 members (excludes halogenated alkanes) is 32. The molecule has 0 aromatic heterocycles. The molecule has 1 aliphatic heterocycles. The van der Waals surface area contributed by atoms with E-state index in [4.69, 9.17) is 9.47 Å². The molecule has 0 spiro atoms. The van der Waals surface area contributed by atoms with E-state index in [1.807, 2.05) is 6.08 Å². The molecule has 1 fully saturated rings. The second-order valence-corrected chi connectivity index (χ2v) is 19.0. The first kappa shape index (κ1) is 60.4. The highest BCUT2D eigenvalue weighted by atomic mass is 16.7. The monoisotopic (exact) mass is 906 g/mol. The van der Waals surface area contributed by atoms with Gasteiger partial charge in [-0.15, -0.1) is 0 Å². The van der Waals surface area contributed by atoms with Crippen LogP contribution in [0.15, 0.2) is 36.5 Å². The van der Waals surface area contributed by atoms with Gasteiger partial charge in [0, 0.05) is 6.42 Å². The van der Waals surface area contributed by atoms with Gasteiger partial charge in [-0.1, -0.05) is 224 Å². The Morgan fingerprint density at radius 2 is 0.891 bits per heavy atom. The van der Waals surface area contributed by atoms with Gasteiger partial charge in [-0.3, -0.25) is 4.79 Å². The van der Waals surface area contributed by atoms with Crippen molar-refractivity contribution in [2.45, 2.75) is 294 Å². The van der Waals surface area contributed by atoms with Crippen LogP contribution in [-0.4, -0.2) is 87.5 Å². The summed E-state index contributed by atoms with van der Waals surface area (Å²) in [7, 11) is 0. The Labute approximate surface area is 393 Å². The van der Waals surface area contributed by atoms with E-state index in [1.165, 1.54) is 193 Å². The lowest BCUT2D eigenvalue weighted by Crippen LogP contribution is -2.60. The van der Waals surface area contributed by atoms with Crippen molar-refractivity contribution in [3.05, 3.63) is 36.5 Å². The minimum absolute atomic E-state index is 0.186. The predicted molar refractivity (Wildman–Crippen MR) is 267 cm³/mol. The van der Waals surface area contributed by atoms with Crippen molar-refractivity contribution in [1.82, 2.24) is 5.32 Å². The number of amides is 1. The third kappa shape index (κ3) is 34.7. The number of carbonyl (C=O) groups excluding carboxylic acids is 1. The number of ether oxygens (including phenoxy) is 2. The molecule has 376 valence electrons. The largest absolute Gasteiger partial charge is 0.394 e. The average Bonchev–Trinajstić information content (AvgIpc) is 3.29. The summed E-state index contributed by atoms with van der Waals surface area (Å²) in [5.74, 6) is -0.186. The Kier molecular flexibility index (Phi) is 42.7. The average molecular weight is 906 g/mol. The van der Waals surface area contributed by atoms with Gasteiger partial charge < -0.3 is 40.3 Å². The number of aliphatic hydroxyl groups is 5. The molecule has 1 saturated heterocycles. The van der Waals surface area contributed by atoms with Crippen LogP contribution in [0.5, 0.6) is 0 Å². The van der Waals surface area contributed by atoms with E-state index < -0.39 is 49.5 Å². The summed E-state index contributed by atoms with van der Waals surface area (Å²) in [6.45, 7) is 3.78. The molecule has 7 atom stereocenters. The standard InChI is InChI=1S/C55H103NO8/c1-3-5-7-9-11-13-15-17-19-21-23-24-25-26-27-29-31-33-35-37-39-41-43-45-51(59)56-48(47-63-55-54(62)53(61)52(60)50(46-57)64-55)49(58)44-42-40-38-36-34-32-30-28-22-20-18-16-14-12-10-8-6-4-2/h21,23,34,36,42,44,48-50,52-55,57-58,60-62H,3-20,22,24-33,35,37-41,43,45-47H2,1-2H3,(H,56,59)/b23-21-,36-34+,44-42+. The molecular weight excluding hydrogens is 803 g/mol. The summed E-state index contributed by atoms with van der Waals surface area (Å²) in [4.78, 5) is 13.0. The Morgan fingerprint density at radius 3 is 1.31 bits per heavy atom. The van der Waals surface area contributed by atoms with Gasteiger partial charge in [0.05, 0.1) is 25.4 Å². The van der Waals surface area contributed by atoms with Crippen LogP contribution in [0.2, 0.25) is 0 Å². The highest BCUT2D eigenvalue weighted by Gasteiger charge is 2.44. The normalized spacial score (nSPS) is 20.3. The van der Waals surface area contributed by atoms with Crippen molar-refractivity contribution in [2.24, 2.45) is 0 Å². The molecule has 1 amide bonds. The van der Waals surface area contributed by atoms with Gasteiger partial charge in [0.15, 0.2) is 6.29 Å².